The maximum absolute atomic E-state index is 10.7. The van der Waals surface area contributed by atoms with Gasteiger partial charge in [-0.05, 0) is 6.42 Å². The van der Waals surface area contributed by atoms with Crippen LogP contribution in [0.25, 0.3) is 0 Å². The van der Waals surface area contributed by atoms with E-state index < -0.39 is 7.59 Å². The number of nitrogens with two attached hydrogens (primary N) is 2. The molecule has 0 aliphatic heterocycles. The smallest absolute Gasteiger partial charge is 0.271 e. The summed E-state index contributed by atoms with van der Waals surface area (Å²) < 4.78 is 13.3. The highest BCUT2D eigenvalue weighted by atomic mass is 32.2. The molecule has 6 heteroatoms. The van der Waals surface area contributed by atoms with Crippen LogP contribution in [0.1, 0.15) is 32.6 Å². The molecule has 0 atom stereocenters. The first kappa shape index (κ1) is 12.5. The van der Waals surface area contributed by atoms with E-state index in [4.69, 9.17) is 11.0 Å². The fraction of sp³-hybridized carbons (Fsp3) is 1.00. The fourth-order valence-corrected chi connectivity index (χ4v) is 2.27. The Morgan fingerprint density at radius 3 is 2.50 bits per heavy atom. The molecule has 0 heterocycles. The largest absolute Gasteiger partial charge is 0.283 e. The van der Waals surface area contributed by atoms with Crippen LogP contribution in [0.2, 0.25) is 0 Å². The molecule has 0 amide bonds. The first-order chi connectivity index (χ1) is 5.56. The molecule has 0 unspecified atom stereocenters. The van der Waals surface area contributed by atoms with Crippen molar-refractivity contribution in [2.45, 2.75) is 32.6 Å². The van der Waals surface area contributed by atoms with Crippen molar-refractivity contribution in [1.29, 1.82) is 0 Å². The van der Waals surface area contributed by atoms with Gasteiger partial charge in [-0.2, -0.15) is 4.49 Å². The molecule has 0 aromatic heterocycles. The molecule has 5 N–H and O–H groups in total. The Morgan fingerprint density at radius 1 is 1.33 bits per heavy atom. The molecular formula is C6H18N3OPS. The Morgan fingerprint density at radius 2 is 2.00 bits per heavy atom. The van der Waals surface area contributed by atoms with Gasteiger partial charge in [-0.3, -0.25) is 15.6 Å². The van der Waals surface area contributed by atoms with Gasteiger partial charge in [0.1, 0.15) is 0 Å². The lowest BCUT2D eigenvalue weighted by Gasteiger charge is -2.06. The average Bonchev–Trinajstić information content (AvgIpc) is 1.94. The Bertz CT molecular complexity index is 150. The van der Waals surface area contributed by atoms with Gasteiger partial charge in [-0.1, -0.05) is 38.1 Å². The van der Waals surface area contributed by atoms with Crippen molar-refractivity contribution in [2.75, 3.05) is 5.75 Å². The van der Waals surface area contributed by atoms with E-state index in [9.17, 15) is 4.57 Å². The summed E-state index contributed by atoms with van der Waals surface area (Å²) in [6.45, 7) is 2.17. The van der Waals surface area contributed by atoms with E-state index >= 15 is 0 Å². The lowest BCUT2D eigenvalue weighted by atomic mass is 10.2. The molecule has 0 fully saturated rings. The Balaban J connectivity index is 3.06. The summed E-state index contributed by atoms with van der Waals surface area (Å²) in [5, 5.41) is 0. The summed E-state index contributed by atoms with van der Waals surface area (Å²) in [4.78, 5) is 0. The first-order valence-electron chi connectivity index (χ1n) is 4.12. The fourth-order valence-electron chi connectivity index (χ4n) is 0.748. The van der Waals surface area contributed by atoms with Crippen molar-refractivity contribution < 1.29 is 4.57 Å². The third kappa shape index (κ3) is 10.5. The van der Waals surface area contributed by atoms with E-state index in [1.807, 2.05) is 0 Å². The summed E-state index contributed by atoms with van der Waals surface area (Å²) in [6, 6.07) is 0. The second-order valence-corrected chi connectivity index (χ2v) is 5.56. The van der Waals surface area contributed by atoms with Crippen LogP contribution in [0.15, 0.2) is 0 Å². The van der Waals surface area contributed by atoms with Crippen LogP contribution in [-0.4, -0.2) is 5.75 Å². The maximum atomic E-state index is 10.7. The number of hydrogen-bond acceptors (Lipinski definition) is 2. The molecule has 0 saturated heterocycles. The maximum Gasteiger partial charge on any atom is 0.283 e. The number of unbranched alkanes of at least 4 members (excludes halogenated alkanes) is 3. The van der Waals surface area contributed by atoms with Crippen molar-refractivity contribution >= 4 is 19.5 Å². The van der Waals surface area contributed by atoms with Crippen molar-refractivity contribution in [1.82, 2.24) is 4.49 Å². The number of nitrogens with one attached hydrogen (secondary N) is 1. The van der Waals surface area contributed by atoms with Crippen molar-refractivity contribution in [3.05, 3.63) is 0 Å². The molecule has 0 rings (SSSR count). The molecular weight excluding hydrogens is 193 g/mol. The van der Waals surface area contributed by atoms with E-state index in [0.29, 0.717) is 0 Å². The quantitative estimate of drug-likeness (QED) is 0.340. The monoisotopic (exact) mass is 211 g/mol. The van der Waals surface area contributed by atoms with Gasteiger partial charge in [-0.15, -0.1) is 0 Å². The van der Waals surface area contributed by atoms with Gasteiger partial charge in [0.2, 0.25) is 0 Å². The van der Waals surface area contributed by atoms with E-state index in [2.05, 4.69) is 11.4 Å². The van der Waals surface area contributed by atoms with Gasteiger partial charge in [0.25, 0.3) is 7.59 Å². The van der Waals surface area contributed by atoms with Crippen molar-refractivity contribution in [2.24, 2.45) is 11.0 Å². The molecule has 0 aromatic carbocycles. The lowest BCUT2D eigenvalue weighted by molar-refractivity contribution is 0.575. The minimum absolute atomic E-state index is 0.915. The molecule has 4 nitrogen and oxygen atoms in total. The summed E-state index contributed by atoms with van der Waals surface area (Å²) in [5.41, 5.74) is 10.2. The molecule has 0 aliphatic rings. The zero-order valence-corrected chi connectivity index (χ0v) is 9.16. The van der Waals surface area contributed by atoms with Gasteiger partial charge in [0.05, 0.1) is 0 Å². The molecule has 12 heavy (non-hydrogen) atoms. The summed E-state index contributed by atoms with van der Waals surface area (Å²) in [7, 11) is -3.01. The lowest BCUT2D eigenvalue weighted by Crippen LogP contribution is -2.16. The van der Waals surface area contributed by atoms with Crippen LogP contribution < -0.4 is 15.5 Å². The van der Waals surface area contributed by atoms with Gasteiger partial charge >= 0.3 is 0 Å². The molecule has 0 aromatic rings. The average molecular weight is 211 g/mol. The summed E-state index contributed by atoms with van der Waals surface area (Å²) >= 11 is 1.35. The number of hydrogen-bond donors (Lipinski definition) is 3. The molecule has 0 radical (unpaired) electrons. The minimum Gasteiger partial charge on any atom is -0.271 e. The van der Waals surface area contributed by atoms with Crippen LogP contribution in [0.3, 0.4) is 0 Å². The van der Waals surface area contributed by atoms with E-state index in [-0.39, 0.29) is 0 Å². The third-order valence-electron chi connectivity index (χ3n) is 1.31. The SMILES string of the molecule is CCCCCCSNP(N)(N)=O. The topological polar surface area (TPSA) is 81.1 Å². The number of rotatable bonds is 7. The predicted octanol–water partition coefficient (Wildman–Crippen LogP) is 1.83. The van der Waals surface area contributed by atoms with Gasteiger partial charge in [-0.25, -0.2) is 0 Å². The minimum atomic E-state index is -3.01. The van der Waals surface area contributed by atoms with Crippen LogP contribution in [-0.2, 0) is 4.57 Å². The normalized spacial score (nSPS) is 11.9. The highest BCUT2D eigenvalue weighted by molar-refractivity contribution is 8.02. The molecule has 0 bridgehead atoms. The van der Waals surface area contributed by atoms with Gasteiger partial charge in [0.15, 0.2) is 0 Å². The second kappa shape index (κ2) is 6.92. The Labute approximate surface area is 78.5 Å². The zero-order valence-electron chi connectivity index (χ0n) is 7.45. The first-order valence-corrected chi connectivity index (χ1v) is 6.95. The van der Waals surface area contributed by atoms with E-state index in [1.165, 1.54) is 31.2 Å². The molecule has 74 valence electrons. The highest BCUT2D eigenvalue weighted by Crippen LogP contribution is 2.22. The predicted molar refractivity (Wildman–Crippen MR) is 55.7 cm³/mol. The molecule has 0 spiro atoms. The summed E-state index contributed by atoms with van der Waals surface area (Å²) in [5.74, 6) is 0.915. The standard InChI is InChI=1S/C6H18N3OPS/c1-2-3-4-5-6-12-9-11(7,8)10/h2-6H2,1H3,(H5,7,8,9,10). The van der Waals surface area contributed by atoms with Crippen LogP contribution >= 0.6 is 19.5 Å². The van der Waals surface area contributed by atoms with E-state index in [1.54, 1.807) is 0 Å². The second-order valence-electron chi connectivity index (χ2n) is 2.71. The zero-order chi connectivity index (χ0) is 9.45. The third-order valence-corrected chi connectivity index (χ3v) is 3.46. The molecule has 0 saturated carbocycles. The Kier molecular flexibility index (Phi) is 7.19. The van der Waals surface area contributed by atoms with Crippen LogP contribution in [0.5, 0.6) is 0 Å². The Hall–Kier alpha value is 0.460. The van der Waals surface area contributed by atoms with Crippen LogP contribution in [0.4, 0.5) is 0 Å². The van der Waals surface area contributed by atoms with Crippen LogP contribution in [0, 0.1) is 0 Å². The summed E-state index contributed by atoms with van der Waals surface area (Å²) in [6.07, 6.45) is 4.81. The molecule has 0 aliphatic carbocycles. The van der Waals surface area contributed by atoms with Crippen molar-refractivity contribution in [3.8, 4) is 0 Å². The van der Waals surface area contributed by atoms with E-state index in [0.717, 1.165) is 12.2 Å². The van der Waals surface area contributed by atoms with Crippen molar-refractivity contribution in [3.63, 3.8) is 0 Å². The highest BCUT2D eigenvalue weighted by Gasteiger charge is 2.05. The van der Waals surface area contributed by atoms with Gasteiger partial charge in [0, 0.05) is 5.75 Å². The van der Waals surface area contributed by atoms with Gasteiger partial charge < -0.3 is 0 Å².